The van der Waals surface area contributed by atoms with Crippen molar-refractivity contribution < 1.29 is 19.1 Å². The lowest BCUT2D eigenvalue weighted by atomic mass is 10.00. The molecule has 1 aliphatic heterocycles. The molecule has 1 amide bonds. The quantitative estimate of drug-likeness (QED) is 0.824. The number of hydrogen-bond acceptors (Lipinski definition) is 5. The summed E-state index contributed by atoms with van der Waals surface area (Å²) in [4.78, 5) is 23.7. The summed E-state index contributed by atoms with van der Waals surface area (Å²) in [6, 6.07) is 5.22. The third-order valence-corrected chi connectivity index (χ3v) is 4.71. The fourth-order valence-corrected chi connectivity index (χ4v) is 3.28. The number of esters is 1. The maximum Gasteiger partial charge on any atom is 0.328 e. The Hall–Kier alpha value is -2.83. The lowest BCUT2D eigenvalue weighted by molar-refractivity contribution is -0.141. The predicted octanol–water partition coefficient (Wildman–Crippen LogP) is 1.69. The molecule has 1 fully saturated rings. The molecule has 1 N–H and O–H groups in total. The van der Waals surface area contributed by atoms with E-state index in [1.807, 2.05) is 43.8 Å². The molecule has 2 aromatic rings. The number of carbonyl (C=O) groups is 2. The van der Waals surface area contributed by atoms with Crippen molar-refractivity contribution in [3.05, 3.63) is 35.2 Å². The summed E-state index contributed by atoms with van der Waals surface area (Å²) in [5, 5.41) is 7.16. The van der Waals surface area contributed by atoms with E-state index < -0.39 is 6.04 Å². The summed E-state index contributed by atoms with van der Waals surface area (Å²) in [5.41, 5.74) is 4.83. The molecule has 138 valence electrons. The van der Waals surface area contributed by atoms with Crippen molar-refractivity contribution in [2.24, 2.45) is 7.05 Å². The second-order valence-electron chi connectivity index (χ2n) is 6.45. The van der Waals surface area contributed by atoms with E-state index in [2.05, 4.69) is 10.4 Å². The Labute approximate surface area is 152 Å². The Balaban J connectivity index is 1.80. The average Bonchev–Trinajstić information content (AvgIpc) is 3.11. The monoisotopic (exact) mass is 357 g/mol. The molecule has 26 heavy (non-hydrogen) atoms. The van der Waals surface area contributed by atoms with Crippen LogP contribution in [0.2, 0.25) is 0 Å². The van der Waals surface area contributed by atoms with Crippen molar-refractivity contribution >= 4 is 11.9 Å². The fourth-order valence-electron chi connectivity index (χ4n) is 3.28. The van der Waals surface area contributed by atoms with Gasteiger partial charge in [0.1, 0.15) is 11.8 Å². The van der Waals surface area contributed by atoms with Gasteiger partial charge in [0.15, 0.2) is 0 Å². The third kappa shape index (κ3) is 3.42. The molecule has 1 aromatic carbocycles. The second-order valence-corrected chi connectivity index (χ2v) is 6.45. The Morgan fingerprint density at radius 2 is 2.19 bits per heavy atom. The lowest BCUT2D eigenvalue weighted by Crippen LogP contribution is -2.38. The van der Waals surface area contributed by atoms with Gasteiger partial charge in [-0.05, 0) is 25.5 Å². The number of hydrogen-bond donors (Lipinski definition) is 1. The summed E-state index contributed by atoms with van der Waals surface area (Å²) in [7, 11) is 3.49. The number of benzene rings is 1. The van der Waals surface area contributed by atoms with Gasteiger partial charge in [-0.2, -0.15) is 5.10 Å². The zero-order chi connectivity index (χ0) is 18.8. The van der Waals surface area contributed by atoms with Gasteiger partial charge in [-0.15, -0.1) is 0 Å². The number of nitrogens with one attached hydrogen (secondary N) is 1. The minimum atomic E-state index is -0.548. The highest BCUT2D eigenvalue weighted by molar-refractivity contribution is 5.87. The van der Waals surface area contributed by atoms with Gasteiger partial charge in [0.05, 0.1) is 25.8 Å². The average molecular weight is 357 g/mol. The number of ether oxygens (including phenoxy) is 2. The van der Waals surface area contributed by atoms with E-state index in [4.69, 9.17) is 9.47 Å². The zero-order valence-corrected chi connectivity index (χ0v) is 15.5. The maximum absolute atomic E-state index is 12.3. The first-order chi connectivity index (χ1) is 12.4. The van der Waals surface area contributed by atoms with E-state index in [1.54, 1.807) is 7.11 Å². The molecule has 7 nitrogen and oxygen atoms in total. The molecule has 3 rings (SSSR count). The number of aryl methyl sites for hydroxylation is 2. The van der Waals surface area contributed by atoms with Crippen LogP contribution in [0.4, 0.5) is 0 Å². The normalized spacial score (nSPS) is 16.5. The molecule has 0 bridgehead atoms. The predicted molar refractivity (Wildman–Crippen MR) is 95.9 cm³/mol. The molecule has 0 radical (unpaired) electrons. The maximum atomic E-state index is 12.3. The summed E-state index contributed by atoms with van der Waals surface area (Å²) in [6.07, 6.45) is 0.651. The van der Waals surface area contributed by atoms with Crippen LogP contribution in [0.1, 0.15) is 23.4 Å². The van der Waals surface area contributed by atoms with Crippen LogP contribution in [0.25, 0.3) is 11.1 Å². The molecule has 2 heterocycles. The molecule has 1 saturated heterocycles. The fraction of sp³-hybridized carbons (Fsp3) is 0.421. The third-order valence-electron chi connectivity index (χ3n) is 4.71. The number of rotatable bonds is 5. The van der Waals surface area contributed by atoms with Crippen molar-refractivity contribution in [3.8, 4) is 16.9 Å². The van der Waals surface area contributed by atoms with Crippen LogP contribution in [0.3, 0.4) is 0 Å². The summed E-state index contributed by atoms with van der Waals surface area (Å²) >= 11 is 0. The van der Waals surface area contributed by atoms with Crippen molar-refractivity contribution in [2.45, 2.75) is 32.7 Å². The van der Waals surface area contributed by atoms with Crippen molar-refractivity contribution in [2.75, 3.05) is 13.7 Å². The molecule has 0 spiro atoms. The molecular formula is C19H23N3O4. The second kappa shape index (κ2) is 7.19. The molecule has 0 saturated carbocycles. The van der Waals surface area contributed by atoms with Gasteiger partial charge in [-0.25, -0.2) is 4.79 Å². The Bertz CT molecular complexity index is 857. The van der Waals surface area contributed by atoms with Gasteiger partial charge in [0, 0.05) is 30.3 Å². The SMILES string of the molecule is COc1cc(-c2c(C)nn(C)c2C)ccc1CC(=O)N[C@@H]1CCOC1=O. The van der Waals surface area contributed by atoms with E-state index in [-0.39, 0.29) is 18.3 Å². The molecule has 7 heteroatoms. The lowest BCUT2D eigenvalue weighted by Gasteiger charge is -2.13. The molecular weight excluding hydrogens is 334 g/mol. The zero-order valence-electron chi connectivity index (χ0n) is 15.5. The minimum absolute atomic E-state index is 0.137. The van der Waals surface area contributed by atoms with Crippen molar-refractivity contribution in [3.63, 3.8) is 0 Å². The highest BCUT2D eigenvalue weighted by Crippen LogP contribution is 2.31. The highest BCUT2D eigenvalue weighted by Gasteiger charge is 2.28. The van der Waals surface area contributed by atoms with Gasteiger partial charge >= 0.3 is 5.97 Å². The van der Waals surface area contributed by atoms with E-state index in [0.717, 1.165) is 28.1 Å². The van der Waals surface area contributed by atoms with Crippen LogP contribution in [-0.2, 0) is 27.8 Å². The number of amides is 1. The first-order valence-electron chi connectivity index (χ1n) is 8.54. The highest BCUT2D eigenvalue weighted by atomic mass is 16.5. The molecule has 1 aliphatic rings. The van der Waals surface area contributed by atoms with Gasteiger partial charge < -0.3 is 14.8 Å². The van der Waals surface area contributed by atoms with Gasteiger partial charge in [-0.1, -0.05) is 12.1 Å². The summed E-state index contributed by atoms with van der Waals surface area (Å²) < 4.78 is 12.2. The molecule has 1 atom stereocenters. The number of methoxy groups -OCH3 is 1. The smallest absolute Gasteiger partial charge is 0.328 e. The molecule has 0 aliphatic carbocycles. The number of cyclic esters (lactones) is 1. The Kier molecular flexibility index (Phi) is 4.97. The number of aromatic nitrogens is 2. The van der Waals surface area contributed by atoms with Crippen LogP contribution >= 0.6 is 0 Å². The van der Waals surface area contributed by atoms with Crippen LogP contribution in [0, 0.1) is 13.8 Å². The van der Waals surface area contributed by atoms with Crippen LogP contribution < -0.4 is 10.1 Å². The van der Waals surface area contributed by atoms with E-state index in [9.17, 15) is 9.59 Å². The van der Waals surface area contributed by atoms with Gasteiger partial charge in [-0.3, -0.25) is 9.48 Å². The van der Waals surface area contributed by atoms with Gasteiger partial charge in [0.2, 0.25) is 5.91 Å². The van der Waals surface area contributed by atoms with Crippen LogP contribution in [0.5, 0.6) is 5.75 Å². The molecule has 1 aromatic heterocycles. The van der Waals surface area contributed by atoms with Crippen LogP contribution in [0.15, 0.2) is 18.2 Å². The number of nitrogens with zero attached hydrogens (tertiary/aromatic N) is 2. The Morgan fingerprint density at radius 3 is 2.77 bits per heavy atom. The first kappa shape index (κ1) is 18.0. The standard InChI is InChI=1S/C19H23N3O4/c1-11-18(12(2)22(3)21-11)14-6-5-13(16(9-14)25-4)10-17(23)20-15-7-8-26-19(15)24/h5-6,9,15H,7-8,10H2,1-4H3,(H,20,23)/t15-/m1/s1. The first-order valence-corrected chi connectivity index (χ1v) is 8.54. The van der Waals surface area contributed by atoms with Crippen molar-refractivity contribution in [1.29, 1.82) is 0 Å². The minimum Gasteiger partial charge on any atom is -0.496 e. The van der Waals surface area contributed by atoms with Crippen molar-refractivity contribution in [1.82, 2.24) is 15.1 Å². The summed E-state index contributed by atoms with van der Waals surface area (Å²) in [6.45, 7) is 4.34. The molecule has 0 unspecified atom stereocenters. The van der Waals surface area contributed by atoms with E-state index in [1.165, 1.54) is 0 Å². The summed E-state index contributed by atoms with van der Waals surface area (Å²) in [5.74, 6) is 0.0335. The van der Waals surface area contributed by atoms with Gasteiger partial charge in [0.25, 0.3) is 0 Å². The topological polar surface area (TPSA) is 82.5 Å². The van der Waals surface area contributed by atoms with E-state index >= 15 is 0 Å². The number of carbonyl (C=O) groups excluding carboxylic acids is 2. The van der Waals surface area contributed by atoms with E-state index in [0.29, 0.717) is 18.8 Å². The van der Waals surface area contributed by atoms with Crippen LogP contribution in [-0.4, -0.2) is 41.4 Å². The Morgan fingerprint density at radius 1 is 1.42 bits per heavy atom. The largest absolute Gasteiger partial charge is 0.496 e.